The molecule has 4 aliphatic heterocycles. The summed E-state index contributed by atoms with van der Waals surface area (Å²) in [6.07, 6.45) is -37.1. The summed E-state index contributed by atoms with van der Waals surface area (Å²) in [7, 11) is 0. The van der Waals surface area contributed by atoms with Crippen molar-refractivity contribution >= 4 is 5.97 Å². The fourth-order valence-corrected chi connectivity index (χ4v) is 16.9. The van der Waals surface area contributed by atoms with Crippen LogP contribution in [-0.2, 0) is 47.4 Å². The minimum absolute atomic E-state index is 0.0498. The zero-order valence-electron chi connectivity index (χ0n) is 51.5. The van der Waals surface area contributed by atoms with Crippen LogP contribution in [0.5, 0.6) is 0 Å². The van der Waals surface area contributed by atoms with Crippen molar-refractivity contribution in [2.75, 3.05) is 46.2 Å². The highest BCUT2D eigenvalue weighted by Crippen LogP contribution is 2.74. The lowest BCUT2D eigenvalue weighted by Crippen LogP contribution is -2.67. The van der Waals surface area contributed by atoms with Gasteiger partial charge in [0.05, 0.1) is 63.4 Å². The molecule has 7 fully saturated rings. The first-order valence-electron chi connectivity index (χ1n) is 31.3. The van der Waals surface area contributed by atoms with Gasteiger partial charge < -0.3 is 145 Å². The normalized spacial score (nSPS) is 51.0. The van der Waals surface area contributed by atoms with Gasteiger partial charge in [0.15, 0.2) is 25.2 Å². The standard InChI is InChI=1S/C60H98O30/c1-24-36(69)48(89-53-49(44(77)40(73)30(19-63)86-53)90-51-46(79)42(75)39(72)29(18-62)85-51)47(80)52(84-24)88-35-10-11-56(3)32(57(35,4)22-64)9-12-58(5)33(56)8-7-25-26-15-55(2,13-14-60(26,23-65)34(68)16-59(25,58)6)54(81)83-21-31-41(74)43(76)45(78)50(87-31)82-20-28(67)38(71)37(70)27(66)17-61/h7-8,24,27-53,61-80H,9-23H2,1-6H3. The molecular formula is C60H98O30. The van der Waals surface area contributed by atoms with Crippen LogP contribution in [0.2, 0.25) is 0 Å². The number of esters is 1. The molecule has 9 rings (SSSR count). The second-order valence-electron chi connectivity index (χ2n) is 28.2. The lowest BCUT2D eigenvalue weighted by molar-refractivity contribution is -0.391. The molecule has 30 nitrogen and oxygen atoms in total. The fourth-order valence-electron chi connectivity index (χ4n) is 16.9. The second-order valence-corrected chi connectivity index (χ2v) is 28.2. The molecular weight excluding hydrogens is 1200 g/mol. The first-order chi connectivity index (χ1) is 42.2. The highest BCUT2D eigenvalue weighted by Gasteiger charge is 2.70. The molecule has 30 heteroatoms. The Kier molecular flexibility index (Phi) is 21.9. The summed E-state index contributed by atoms with van der Waals surface area (Å²) in [5.41, 5.74) is -3.73. The van der Waals surface area contributed by atoms with Gasteiger partial charge in [0.1, 0.15) is 123 Å². The third-order valence-corrected chi connectivity index (χ3v) is 23.0. The van der Waals surface area contributed by atoms with E-state index in [2.05, 4.69) is 26.8 Å². The van der Waals surface area contributed by atoms with Gasteiger partial charge >= 0.3 is 5.97 Å². The molecule has 0 aromatic rings. The van der Waals surface area contributed by atoms with Gasteiger partial charge in [-0.25, -0.2) is 0 Å². The third kappa shape index (κ3) is 12.2. The molecule has 34 unspecified atom stereocenters. The average Bonchev–Trinajstić information content (AvgIpc) is 0.675. The van der Waals surface area contributed by atoms with Crippen LogP contribution in [0.25, 0.3) is 0 Å². The van der Waals surface area contributed by atoms with Crippen molar-refractivity contribution in [2.24, 2.45) is 44.3 Å². The van der Waals surface area contributed by atoms with E-state index < -0.39 is 238 Å². The highest BCUT2D eigenvalue weighted by molar-refractivity contribution is 5.77. The molecule has 0 spiro atoms. The molecule has 90 heavy (non-hydrogen) atoms. The lowest BCUT2D eigenvalue weighted by atomic mass is 9.35. The topological polar surface area (TPSA) is 505 Å². The van der Waals surface area contributed by atoms with E-state index in [1.807, 2.05) is 13.0 Å². The summed E-state index contributed by atoms with van der Waals surface area (Å²) in [6.45, 7) is 6.71. The van der Waals surface area contributed by atoms with Gasteiger partial charge in [0.25, 0.3) is 0 Å². The number of rotatable bonds is 20. The van der Waals surface area contributed by atoms with Crippen LogP contribution in [0.15, 0.2) is 23.3 Å². The number of fused-ring (bicyclic) bond motifs is 6. The van der Waals surface area contributed by atoms with Gasteiger partial charge in [-0.3, -0.25) is 4.79 Å². The Bertz CT molecular complexity index is 2510. The number of allylic oxidation sites excluding steroid dienone is 3. The highest BCUT2D eigenvalue weighted by atomic mass is 16.8. The summed E-state index contributed by atoms with van der Waals surface area (Å²) in [5.74, 6) is -1.16. The van der Waals surface area contributed by atoms with Gasteiger partial charge in [0, 0.05) is 16.2 Å². The molecule has 0 bridgehead atoms. The quantitative estimate of drug-likeness (QED) is 0.0398. The molecule has 0 aromatic heterocycles. The fraction of sp³-hybridized carbons (Fsp3) is 0.917. The zero-order chi connectivity index (χ0) is 66.3. The van der Waals surface area contributed by atoms with Crippen LogP contribution in [0.1, 0.15) is 92.9 Å². The summed E-state index contributed by atoms with van der Waals surface area (Å²) in [5, 5.41) is 215. The maximum atomic E-state index is 14.4. The molecule has 0 radical (unpaired) electrons. The smallest absolute Gasteiger partial charge is 0.312 e. The van der Waals surface area contributed by atoms with E-state index in [1.54, 1.807) is 6.92 Å². The molecule has 4 heterocycles. The van der Waals surface area contributed by atoms with Gasteiger partial charge in [-0.15, -0.1) is 0 Å². The Balaban J connectivity index is 0.912. The maximum absolute atomic E-state index is 14.4. The molecule has 518 valence electrons. The van der Waals surface area contributed by atoms with E-state index in [-0.39, 0.29) is 44.1 Å². The lowest BCUT2D eigenvalue weighted by Gasteiger charge is -2.70. The molecule has 3 saturated carbocycles. The van der Waals surface area contributed by atoms with Crippen molar-refractivity contribution in [1.29, 1.82) is 0 Å². The number of ether oxygens (including phenoxy) is 9. The number of aliphatic hydroxyl groups is 20. The Morgan fingerprint density at radius 3 is 1.80 bits per heavy atom. The minimum atomic E-state index is -2.02. The van der Waals surface area contributed by atoms with Crippen molar-refractivity contribution in [3.63, 3.8) is 0 Å². The van der Waals surface area contributed by atoms with Crippen molar-refractivity contribution in [2.45, 2.75) is 252 Å². The van der Waals surface area contributed by atoms with Crippen molar-refractivity contribution in [1.82, 2.24) is 0 Å². The van der Waals surface area contributed by atoms with Crippen molar-refractivity contribution < 1.29 is 150 Å². The average molecular weight is 1300 g/mol. The molecule has 34 atom stereocenters. The monoisotopic (exact) mass is 1300 g/mol. The zero-order valence-corrected chi connectivity index (χ0v) is 51.5. The van der Waals surface area contributed by atoms with Gasteiger partial charge in [-0.05, 0) is 93.5 Å². The maximum Gasteiger partial charge on any atom is 0.312 e. The Morgan fingerprint density at radius 2 is 1.18 bits per heavy atom. The summed E-state index contributed by atoms with van der Waals surface area (Å²) in [4.78, 5) is 14.4. The molecule has 9 aliphatic rings. The van der Waals surface area contributed by atoms with E-state index in [0.29, 0.717) is 31.3 Å². The second kappa shape index (κ2) is 27.4. The SMILES string of the molecule is CC1OC(OC2CCC3(C)C(CCC4(C)C3C=CC3=C5CC(C)(C(=O)OCC6OC(OCC(O)C(O)C(O)C(O)CO)C(O)C(O)C6O)CCC5(CO)C(O)CC34C)C2(C)CO)C(O)C(OC2OC(CO)C(O)C(O)C2OC2OC(CO)C(O)C(O)C2O)C1O. The van der Waals surface area contributed by atoms with Crippen molar-refractivity contribution in [3.8, 4) is 0 Å². The van der Waals surface area contributed by atoms with Crippen molar-refractivity contribution in [3.05, 3.63) is 23.3 Å². The van der Waals surface area contributed by atoms with E-state index in [0.717, 1.165) is 5.57 Å². The number of aliphatic hydroxyl groups excluding tert-OH is 20. The molecule has 0 aromatic carbocycles. The number of carbonyl (C=O) groups is 1. The number of hydrogen-bond acceptors (Lipinski definition) is 30. The van der Waals surface area contributed by atoms with Gasteiger partial charge in [0.2, 0.25) is 0 Å². The molecule has 20 N–H and O–H groups in total. The van der Waals surface area contributed by atoms with Gasteiger partial charge in [-0.1, -0.05) is 45.4 Å². The Labute approximate surface area is 520 Å². The first kappa shape index (κ1) is 72.1. The van der Waals surface area contributed by atoms with Crippen LogP contribution < -0.4 is 0 Å². The molecule has 4 saturated heterocycles. The predicted molar refractivity (Wildman–Crippen MR) is 300 cm³/mol. The summed E-state index contributed by atoms with van der Waals surface area (Å²) < 4.78 is 53.1. The third-order valence-electron chi connectivity index (χ3n) is 23.0. The Hall–Kier alpha value is -2.17. The van der Waals surface area contributed by atoms with Crippen LogP contribution in [0.4, 0.5) is 0 Å². The molecule has 5 aliphatic carbocycles. The minimum Gasteiger partial charge on any atom is -0.462 e. The van der Waals surface area contributed by atoms with E-state index in [4.69, 9.17) is 47.7 Å². The summed E-state index contributed by atoms with van der Waals surface area (Å²) in [6, 6.07) is 0. The van der Waals surface area contributed by atoms with Crippen LogP contribution in [0, 0.1) is 44.3 Å². The Morgan fingerprint density at radius 1 is 0.600 bits per heavy atom. The predicted octanol–water partition coefficient (Wildman–Crippen LogP) is -6.71. The van der Waals surface area contributed by atoms with Crippen LogP contribution in [0.3, 0.4) is 0 Å². The van der Waals surface area contributed by atoms with Crippen LogP contribution in [-0.4, -0.2) is 314 Å². The van der Waals surface area contributed by atoms with E-state index in [9.17, 15) is 102 Å². The summed E-state index contributed by atoms with van der Waals surface area (Å²) >= 11 is 0. The van der Waals surface area contributed by atoms with E-state index in [1.165, 1.54) is 6.92 Å². The van der Waals surface area contributed by atoms with Crippen LogP contribution >= 0.6 is 0 Å². The van der Waals surface area contributed by atoms with Gasteiger partial charge in [-0.2, -0.15) is 0 Å². The number of hydrogen-bond donors (Lipinski definition) is 20. The van der Waals surface area contributed by atoms with E-state index >= 15 is 0 Å². The number of carbonyl (C=O) groups excluding carboxylic acids is 1. The molecule has 0 amide bonds. The largest absolute Gasteiger partial charge is 0.462 e. The first-order valence-corrected chi connectivity index (χ1v) is 31.3.